The Kier molecular flexibility index (Phi) is 4.24. The minimum Gasteiger partial charge on any atom is -0.389 e. The summed E-state index contributed by atoms with van der Waals surface area (Å²) in [5, 5.41) is 17.2. The molecule has 5 heteroatoms. The van der Waals surface area contributed by atoms with Crippen molar-refractivity contribution in [3.63, 3.8) is 0 Å². The van der Waals surface area contributed by atoms with Gasteiger partial charge in [0.1, 0.15) is 0 Å². The van der Waals surface area contributed by atoms with E-state index in [1.165, 1.54) is 0 Å². The minimum absolute atomic E-state index is 0.131. The summed E-state index contributed by atoms with van der Waals surface area (Å²) in [7, 11) is 0. The van der Waals surface area contributed by atoms with Gasteiger partial charge in [0.2, 0.25) is 5.91 Å². The molecular formula is C14H23N3O2. The van der Waals surface area contributed by atoms with Crippen LogP contribution < -0.4 is 5.32 Å². The van der Waals surface area contributed by atoms with E-state index in [0.717, 1.165) is 32.2 Å². The number of nitrogens with one attached hydrogen (secondary N) is 1. The Bertz CT molecular complexity index is 434. The number of hydrogen-bond donors (Lipinski definition) is 2. The summed E-state index contributed by atoms with van der Waals surface area (Å²) in [5.74, 6) is 0.385. The molecule has 1 saturated carbocycles. The van der Waals surface area contributed by atoms with E-state index in [-0.39, 0.29) is 12.3 Å². The fraction of sp³-hybridized carbons (Fsp3) is 0.714. The summed E-state index contributed by atoms with van der Waals surface area (Å²) in [6.45, 7) is 5.07. The van der Waals surface area contributed by atoms with Gasteiger partial charge in [0.15, 0.2) is 0 Å². The number of aromatic nitrogens is 2. The number of nitrogens with zero attached hydrogens (tertiary/aromatic N) is 2. The molecule has 0 atom stereocenters. The number of carbonyl (C=O) groups is 1. The summed E-state index contributed by atoms with van der Waals surface area (Å²) >= 11 is 0. The van der Waals surface area contributed by atoms with Gasteiger partial charge in [-0.1, -0.05) is 26.7 Å². The van der Waals surface area contributed by atoms with Crippen molar-refractivity contribution < 1.29 is 9.90 Å². The Balaban J connectivity index is 1.86. The maximum absolute atomic E-state index is 11.9. The lowest BCUT2D eigenvalue weighted by molar-refractivity contribution is -0.120. The largest absolute Gasteiger partial charge is 0.389 e. The van der Waals surface area contributed by atoms with Crippen molar-refractivity contribution in [2.24, 2.45) is 5.92 Å². The van der Waals surface area contributed by atoms with Crippen molar-refractivity contribution in [2.45, 2.75) is 58.1 Å². The smallest absolute Gasteiger partial charge is 0.227 e. The first-order valence-corrected chi connectivity index (χ1v) is 7.01. The molecule has 0 saturated heterocycles. The van der Waals surface area contributed by atoms with E-state index < -0.39 is 5.60 Å². The number of amides is 1. The van der Waals surface area contributed by atoms with Crippen molar-refractivity contribution in [3.05, 3.63) is 12.4 Å². The van der Waals surface area contributed by atoms with E-state index in [4.69, 9.17) is 0 Å². The van der Waals surface area contributed by atoms with E-state index in [2.05, 4.69) is 24.3 Å². The van der Waals surface area contributed by atoms with Crippen LogP contribution in [0.1, 0.15) is 46.0 Å². The van der Waals surface area contributed by atoms with Crippen molar-refractivity contribution >= 4 is 11.6 Å². The minimum atomic E-state index is -0.794. The summed E-state index contributed by atoms with van der Waals surface area (Å²) in [5.41, 5.74) is -0.0925. The van der Waals surface area contributed by atoms with Gasteiger partial charge in [0.25, 0.3) is 0 Å². The highest BCUT2D eigenvalue weighted by Gasteiger charge is 2.33. The lowest BCUT2D eigenvalue weighted by Gasteiger charge is -2.20. The number of rotatable bonds is 5. The van der Waals surface area contributed by atoms with Crippen LogP contribution in [0.4, 0.5) is 5.69 Å². The van der Waals surface area contributed by atoms with Crippen molar-refractivity contribution in [1.82, 2.24) is 9.78 Å². The second kappa shape index (κ2) is 5.74. The van der Waals surface area contributed by atoms with Gasteiger partial charge in [-0.05, 0) is 18.8 Å². The molecule has 0 bridgehead atoms. The molecule has 0 aromatic carbocycles. The van der Waals surface area contributed by atoms with Gasteiger partial charge in [-0.2, -0.15) is 5.10 Å². The van der Waals surface area contributed by atoms with E-state index in [9.17, 15) is 9.90 Å². The maximum Gasteiger partial charge on any atom is 0.227 e. The average Bonchev–Trinajstić information content (AvgIpc) is 2.87. The van der Waals surface area contributed by atoms with Crippen LogP contribution in [-0.2, 0) is 11.3 Å². The lowest BCUT2D eigenvalue weighted by atomic mass is 9.98. The molecule has 0 spiro atoms. The second-order valence-corrected chi connectivity index (χ2v) is 6.00. The van der Waals surface area contributed by atoms with Crippen molar-refractivity contribution in [2.75, 3.05) is 5.32 Å². The molecule has 0 radical (unpaired) electrons. The predicted octanol–water partition coefficient (Wildman–Crippen LogP) is 2.17. The zero-order valence-corrected chi connectivity index (χ0v) is 11.7. The summed E-state index contributed by atoms with van der Waals surface area (Å²) < 4.78 is 1.82. The van der Waals surface area contributed by atoms with Crippen LogP contribution >= 0.6 is 0 Å². The first-order valence-electron chi connectivity index (χ1n) is 7.01. The molecule has 1 heterocycles. The zero-order valence-electron chi connectivity index (χ0n) is 11.7. The van der Waals surface area contributed by atoms with Gasteiger partial charge in [0.05, 0.1) is 23.9 Å². The third-order valence-corrected chi connectivity index (χ3v) is 3.49. The molecule has 5 nitrogen and oxygen atoms in total. The van der Waals surface area contributed by atoms with Crippen LogP contribution in [0, 0.1) is 5.92 Å². The van der Waals surface area contributed by atoms with Crippen LogP contribution in [0.25, 0.3) is 0 Å². The Labute approximate surface area is 114 Å². The van der Waals surface area contributed by atoms with Crippen molar-refractivity contribution in [3.8, 4) is 0 Å². The topological polar surface area (TPSA) is 67.2 Å². The third-order valence-electron chi connectivity index (χ3n) is 3.49. The van der Waals surface area contributed by atoms with E-state index in [1.54, 1.807) is 6.20 Å². The van der Waals surface area contributed by atoms with Gasteiger partial charge in [-0.25, -0.2) is 0 Å². The van der Waals surface area contributed by atoms with Crippen LogP contribution in [0.3, 0.4) is 0 Å². The number of aliphatic hydroxyl groups is 1. The maximum atomic E-state index is 11.9. The first kappa shape index (κ1) is 14.1. The van der Waals surface area contributed by atoms with Crippen LogP contribution in [0.2, 0.25) is 0 Å². The molecule has 2 rings (SSSR count). The van der Waals surface area contributed by atoms with Crippen LogP contribution in [-0.4, -0.2) is 26.4 Å². The quantitative estimate of drug-likeness (QED) is 0.857. The van der Waals surface area contributed by atoms with Gasteiger partial charge in [-0.3, -0.25) is 9.48 Å². The average molecular weight is 265 g/mol. The lowest BCUT2D eigenvalue weighted by Crippen LogP contribution is -2.30. The van der Waals surface area contributed by atoms with E-state index in [1.807, 2.05) is 10.9 Å². The SMILES string of the molecule is CC(C)Cn1cc(NC(=O)CC2(O)CCCC2)cn1. The number of carbonyl (C=O) groups excluding carboxylic acids is 1. The second-order valence-electron chi connectivity index (χ2n) is 6.00. The molecule has 1 amide bonds. The Hall–Kier alpha value is -1.36. The Morgan fingerprint density at radius 3 is 2.84 bits per heavy atom. The molecule has 1 aromatic heterocycles. The standard InChI is InChI=1S/C14H23N3O2/c1-11(2)9-17-10-12(8-15-17)16-13(18)7-14(19)5-3-4-6-14/h8,10-11,19H,3-7,9H2,1-2H3,(H,16,18). The van der Waals surface area contributed by atoms with E-state index in [0.29, 0.717) is 11.6 Å². The molecule has 106 valence electrons. The highest BCUT2D eigenvalue weighted by molar-refractivity contribution is 5.91. The summed E-state index contributed by atoms with van der Waals surface area (Å²) in [4.78, 5) is 11.9. The normalized spacial score (nSPS) is 17.9. The fourth-order valence-corrected chi connectivity index (χ4v) is 2.62. The molecule has 2 N–H and O–H groups in total. The molecule has 0 unspecified atom stereocenters. The number of hydrogen-bond acceptors (Lipinski definition) is 3. The molecule has 19 heavy (non-hydrogen) atoms. The monoisotopic (exact) mass is 265 g/mol. The van der Waals surface area contributed by atoms with Crippen LogP contribution in [0.5, 0.6) is 0 Å². The van der Waals surface area contributed by atoms with Gasteiger partial charge >= 0.3 is 0 Å². The molecular weight excluding hydrogens is 242 g/mol. The zero-order chi connectivity index (χ0) is 13.9. The Morgan fingerprint density at radius 2 is 2.21 bits per heavy atom. The molecule has 1 aliphatic rings. The van der Waals surface area contributed by atoms with Gasteiger partial charge < -0.3 is 10.4 Å². The molecule has 1 aliphatic carbocycles. The summed E-state index contributed by atoms with van der Waals surface area (Å²) in [6.07, 6.45) is 7.14. The third kappa shape index (κ3) is 4.06. The molecule has 0 aliphatic heterocycles. The van der Waals surface area contributed by atoms with Crippen molar-refractivity contribution in [1.29, 1.82) is 0 Å². The van der Waals surface area contributed by atoms with Crippen LogP contribution in [0.15, 0.2) is 12.4 Å². The first-order chi connectivity index (χ1) is 8.97. The molecule has 1 aromatic rings. The summed E-state index contributed by atoms with van der Waals surface area (Å²) in [6, 6.07) is 0. The fourth-order valence-electron chi connectivity index (χ4n) is 2.62. The van der Waals surface area contributed by atoms with Gasteiger partial charge in [0, 0.05) is 12.7 Å². The van der Waals surface area contributed by atoms with E-state index >= 15 is 0 Å². The van der Waals surface area contributed by atoms with Gasteiger partial charge in [-0.15, -0.1) is 0 Å². The highest BCUT2D eigenvalue weighted by Crippen LogP contribution is 2.32. The number of anilines is 1. The Morgan fingerprint density at radius 1 is 1.53 bits per heavy atom. The predicted molar refractivity (Wildman–Crippen MR) is 73.7 cm³/mol. The molecule has 1 fully saturated rings. The highest BCUT2D eigenvalue weighted by atomic mass is 16.3.